The van der Waals surface area contributed by atoms with Crippen LogP contribution < -0.4 is 0 Å². The largest absolute Gasteiger partial charge is 0.358 e. The highest BCUT2D eigenvalue weighted by Gasteiger charge is 2.23. The first-order chi connectivity index (χ1) is 36.7. The maximum absolute atomic E-state index is 3.92. The number of aryl methyl sites for hydroxylation is 2. The quantitative estimate of drug-likeness (QED) is 0.131. The Morgan fingerprint density at radius 2 is 0.851 bits per heavy atom. The highest BCUT2D eigenvalue weighted by molar-refractivity contribution is 6.38. The molecular formula is C72H44N2. The number of nitrogens with one attached hydrogen (secondary N) is 1. The van der Waals surface area contributed by atoms with E-state index in [1.54, 1.807) is 0 Å². The second-order valence-electron chi connectivity index (χ2n) is 20.7. The van der Waals surface area contributed by atoms with Crippen molar-refractivity contribution < 1.29 is 0 Å². The summed E-state index contributed by atoms with van der Waals surface area (Å²) in [6.07, 6.45) is 2.13. The molecule has 74 heavy (non-hydrogen) atoms. The maximum atomic E-state index is 3.92. The Hall–Kier alpha value is -9.50. The van der Waals surface area contributed by atoms with Crippen molar-refractivity contribution >= 4 is 108 Å². The van der Waals surface area contributed by atoms with Crippen LogP contribution in [0.5, 0.6) is 0 Å². The highest BCUT2D eigenvalue weighted by Crippen LogP contribution is 2.49. The molecule has 17 rings (SSSR count). The van der Waals surface area contributed by atoms with Gasteiger partial charge in [0.15, 0.2) is 0 Å². The minimum absolute atomic E-state index is 1.04. The van der Waals surface area contributed by atoms with E-state index >= 15 is 0 Å². The van der Waals surface area contributed by atoms with E-state index in [9.17, 15) is 0 Å². The number of hydrogen-bond donors (Lipinski definition) is 1. The fourth-order valence-corrected chi connectivity index (χ4v) is 13.5. The first kappa shape index (κ1) is 40.1. The van der Waals surface area contributed by atoms with Crippen LogP contribution in [0, 0.1) is 0 Å². The lowest BCUT2D eigenvalue weighted by Crippen LogP contribution is -2.02. The van der Waals surface area contributed by atoms with Crippen LogP contribution in [0.15, 0.2) is 237 Å². The molecule has 2 aromatic heterocycles. The van der Waals surface area contributed by atoms with Crippen molar-refractivity contribution in [2.75, 3.05) is 0 Å². The lowest BCUT2D eigenvalue weighted by Gasteiger charge is -2.20. The Kier molecular flexibility index (Phi) is 8.15. The van der Waals surface area contributed by atoms with Crippen molar-refractivity contribution in [2.24, 2.45) is 0 Å². The highest BCUT2D eigenvalue weighted by atomic mass is 15.0. The number of H-pyrrole nitrogens is 1. The summed E-state index contributed by atoms with van der Waals surface area (Å²) in [5.74, 6) is 0. The van der Waals surface area contributed by atoms with Gasteiger partial charge in [-0.05, 0) is 182 Å². The fraction of sp³-hybridized carbons (Fsp3) is 0.0278. The third kappa shape index (κ3) is 5.65. The van der Waals surface area contributed by atoms with E-state index in [1.165, 1.54) is 164 Å². The molecule has 0 amide bonds. The van der Waals surface area contributed by atoms with Crippen molar-refractivity contribution in [1.29, 1.82) is 0 Å². The number of hydrogen-bond acceptors (Lipinski definition) is 0. The molecule has 1 aliphatic rings. The van der Waals surface area contributed by atoms with E-state index in [-0.39, 0.29) is 0 Å². The number of nitrogens with zero attached hydrogens (tertiary/aromatic N) is 1. The molecule has 2 heteroatoms. The minimum Gasteiger partial charge on any atom is -0.358 e. The van der Waals surface area contributed by atoms with Gasteiger partial charge >= 0.3 is 0 Å². The molecule has 2 nitrogen and oxygen atoms in total. The first-order valence-corrected chi connectivity index (χ1v) is 26.0. The van der Waals surface area contributed by atoms with Gasteiger partial charge in [-0.3, -0.25) is 0 Å². The summed E-state index contributed by atoms with van der Waals surface area (Å²) >= 11 is 0. The van der Waals surface area contributed by atoms with Crippen LogP contribution in [-0.4, -0.2) is 9.55 Å². The Morgan fingerprint density at radius 1 is 0.284 bits per heavy atom. The van der Waals surface area contributed by atoms with E-state index in [0.717, 1.165) is 18.5 Å². The number of fused-ring (bicyclic) bond motifs is 9. The van der Waals surface area contributed by atoms with Crippen LogP contribution in [0.2, 0.25) is 0 Å². The van der Waals surface area contributed by atoms with Crippen LogP contribution in [0.25, 0.3) is 158 Å². The molecular weight excluding hydrogens is 893 g/mol. The summed E-state index contributed by atoms with van der Waals surface area (Å²) < 4.78 is 2.51. The predicted molar refractivity (Wildman–Crippen MR) is 316 cm³/mol. The van der Waals surface area contributed by atoms with Crippen molar-refractivity contribution in [3.8, 4) is 50.2 Å². The molecule has 2 heterocycles. The van der Waals surface area contributed by atoms with E-state index in [2.05, 4.69) is 246 Å². The summed E-state index contributed by atoms with van der Waals surface area (Å²) in [6, 6.07) is 89.0. The molecule has 0 spiro atoms. The summed E-state index contributed by atoms with van der Waals surface area (Å²) in [6.45, 7) is 0. The molecule has 0 fully saturated rings. The second kappa shape index (κ2) is 15.0. The molecule has 0 atom stereocenters. The van der Waals surface area contributed by atoms with Gasteiger partial charge in [0.25, 0.3) is 0 Å². The molecule has 1 aliphatic carbocycles. The van der Waals surface area contributed by atoms with Gasteiger partial charge in [-0.1, -0.05) is 182 Å². The molecule has 16 aromatic rings. The second-order valence-corrected chi connectivity index (χ2v) is 20.7. The van der Waals surface area contributed by atoms with E-state index in [1.807, 2.05) is 0 Å². The Bertz CT molecular complexity index is 4940. The van der Waals surface area contributed by atoms with Crippen LogP contribution in [0.4, 0.5) is 0 Å². The molecule has 14 aromatic carbocycles. The minimum atomic E-state index is 1.04. The van der Waals surface area contributed by atoms with Crippen LogP contribution in [-0.2, 0) is 12.8 Å². The van der Waals surface area contributed by atoms with Crippen molar-refractivity contribution in [1.82, 2.24) is 9.55 Å². The zero-order valence-electron chi connectivity index (χ0n) is 40.4. The summed E-state index contributed by atoms with van der Waals surface area (Å²) in [5, 5.41) is 22.2. The number of aromatic amines is 1. The van der Waals surface area contributed by atoms with Crippen LogP contribution >= 0.6 is 0 Å². The number of benzene rings is 12. The van der Waals surface area contributed by atoms with Crippen LogP contribution in [0.1, 0.15) is 11.3 Å². The monoisotopic (exact) mass is 936 g/mol. The number of rotatable bonds is 5. The van der Waals surface area contributed by atoms with E-state index in [4.69, 9.17) is 0 Å². The van der Waals surface area contributed by atoms with Gasteiger partial charge in [0.2, 0.25) is 0 Å². The predicted octanol–water partition coefficient (Wildman–Crippen LogP) is 19.5. The average Bonchev–Trinajstić information content (AvgIpc) is 4.05. The molecule has 0 bridgehead atoms. The molecule has 0 unspecified atom stereocenters. The van der Waals surface area contributed by atoms with Gasteiger partial charge in [-0.25, -0.2) is 0 Å². The van der Waals surface area contributed by atoms with E-state index < -0.39 is 0 Å². The van der Waals surface area contributed by atoms with Gasteiger partial charge in [0, 0.05) is 43.8 Å². The fourth-order valence-electron chi connectivity index (χ4n) is 13.5. The lowest BCUT2D eigenvalue weighted by atomic mass is 9.90. The normalized spacial score (nSPS) is 12.8. The van der Waals surface area contributed by atoms with Gasteiger partial charge < -0.3 is 9.55 Å². The average molecular weight is 937 g/mol. The molecule has 0 saturated carbocycles. The molecule has 0 aliphatic heterocycles. The summed E-state index contributed by atoms with van der Waals surface area (Å²) in [4.78, 5) is 3.92. The van der Waals surface area contributed by atoms with Crippen molar-refractivity contribution in [3.05, 3.63) is 248 Å². The zero-order chi connectivity index (χ0) is 48.2. The molecule has 0 saturated heterocycles. The molecule has 342 valence electrons. The Morgan fingerprint density at radius 3 is 1.58 bits per heavy atom. The zero-order valence-corrected chi connectivity index (χ0v) is 40.4. The Balaban J connectivity index is 0.799. The third-order valence-corrected chi connectivity index (χ3v) is 16.9. The van der Waals surface area contributed by atoms with Crippen molar-refractivity contribution in [3.63, 3.8) is 0 Å². The number of aromatic nitrogens is 2. The van der Waals surface area contributed by atoms with Gasteiger partial charge in [-0.2, -0.15) is 0 Å². The Labute approximate surface area is 426 Å². The summed E-state index contributed by atoms with van der Waals surface area (Å²) in [5.41, 5.74) is 17.4. The smallest absolute Gasteiger partial charge is 0.0547 e. The van der Waals surface area contributed by atoms with E-state index in [0.29, 0.717) is 0 Å². The molecule has 0 radical (unpaired) electrons. The third-order valence-electron chi connectivity index (χ3n) is 16.9. The van der Waals surface area contributed by atoms with Crippen LogP contribution in [0.3, 0.4) is 0 Å². The maximum Gasteiger partial charge on any atom is 0.0547 e. The SMILES string of the molecule is c1ccc(-c2cc3c(cc2-c2ccccc2)c2ccc4c5c(ccc3c25)c2cc3ccccc3cc2n4-c2ccc(-c3ccc(-c4cccc5cc6c(cc45)[nH]c4c5c6ccc6ccc(c65)CC4)cc3)cc2)cc1. The van der Waals surface area contributed by atoms with Crippen molar-refractivity contribution in [2.45, 2.75) is 12.8 Å². The first-order valence-electron chi connectivity index (χ1n) is 26.0. The van der Waals surface area contributed by atoms with Gasteiger partial charge in [-0.15, -0.1) is 0 Å². The molecule has 1 N–H and O–H groups in total. The van der Waals surface area contributed by atoms with Gasteiger partial charge in [0.1, 0.15) is 0 Å². The topological polar surface area (TPSA) is 20.7 Å². The standard InChI is InChI=1S/C72H44N2/c1-3-10-44(11-4-1)58-39-61-54-31-32-57-64-36-49-14-7-8-15-50(49)38-68(64)74(67-35-33-55(70(54)72(57)67)62(61)40-59(58)45-12-5-2-6-13-45)52-28-24-43(25-29-52)42-18-20-46(21-19-42)53-17-9-16-51-37-63-56-30-26-47-22-23-48-27-34-65(71(56)69(47)48)73-66(63)41-60(51)53/h1-26,28-33,35-41,73H,27,34H2. The lowest BCUT2D eigenvalue weighted by molar-refractivity contribution is 0.933. The van der Waals surface area contributed by atoms with Gasteiger partial charge in [0.05, 0.1) is 11.0 Å². The number of pyridine rings is 2. The summed E-state index contributed by atoms with van der Waals surface area (Å²) in [7, 11) is 0.